The fraction of sp³-hybridized carbons (Fsp3) is 0.364. The summed E-state index contributed by atoms with van der Waals surface area (Å²) in [6, 6.07) is 4.37. The Balaban J connectivity index is 2.69. The summed E-state index contributed by atoms with van der Waals surface area (Å²) in [6.07, 6.45) is 0. The van der Waals surface area contributed by atoms with Gasteiger partial charge < -0.3 is 10.6 Å². The molecule has 1 aromatic carbocycles. The average molecular weight is 336 g/mol. The molecule has 0 saturated carbocycles. The zero-order valence-electron chi connectivity index (χ0n) is 9.18. The van der Waals surface area contributed by atoms with Gasteiger partial charge in [-0.05, 0) is 54.8 Å². The first-order valence-corrected chi connectivity index (χ1v) is 6.03. The minimum atomic E-state index is -0.396. The number of carbonyl (C=O) groups excluding carboxylic acids is 1. The van der Waals surface area contributed by atoms with Crippen molar-refractivity contribution in [2.24, 2.45) is 0 Å². The third kappa shape index (κ3) is 3.71. The highest BCUT2D eigenvalue weighted by molar-refractivity contribution is 14.1. The molecule has 0 bridgehead atoms. The second-order valence-electron chi connectivity index (χ2n) is 3.52. The minimum absolute atomic E-state index is 0.190. The third-order valence-electron chi connectivity index (χ3n) is 2.23. The van der Waals surface area contributed by atoms with Gasteiger partial charge >= 0.3 is 0 Å². The fourth-order valence-electron chi connectivity index (χ4n) is 1.11. The van der Waals surface area contributed by atoms with E-state index in [0.717, 1.165) is 3.57 Å². The van der Waals surface area contributed by atoms with Crippen molar-refractivity contribution in [3.05, 3.63) is 33.1 Å². The Kier molecular flexibility index (Phi) is 5.14. The van der Waals surface area contributed by atoms with Crippen molar-refractivity contribution in [3.8, 4) is 0 Å². The topological polar surface area (TPSA) is 41.1 Å². The first kappa shape index (κ1) is 13.4. The van der Waals surface area contributed by atoms with Gasteiger partial charge in [0, 0.05) is 16.2 Å². The smallest absolute Gasteiger partial charge is 0.252 e. The van der Waals surface area contributed by atoms with Crippen LogP contribution in [0.2, 0.25) is 0 Å². The lowest BCUT2D eigenvalue weighted by Crippen LogP contribution is -2.37. The molecule has 2 N–H and O–H groups in total. The normalized spacial score (nSPS) is 12.2. The minimum Gasteiger partial charge on any atom is -0.350 e. The van der Waals surface area contributed by atoms with Crippen molar-refractivity contribution in [3.63, 3.8) is 0 Å². The molecule has 3 nitrogen and oxygen atoms in total. The number of hydrogen-bond donors (Lipinski definition) is 2. The molecule has 1 amide bonds. The Labute approximate surface area is 108 Å². The van der Waals surface area contributed by atoms with Crippen LogP contribution in [0.1, 0.15) is 17.3 Å². The van der Waals surface area contributed by atoms with Gasteiger partial charge in [0.2, 0.25) is 0 Å². The Morgan fingerprint density at radius 1 is 1.56 bits per heavy atom. The molecule has 1 unspecified atom stereocenters. The van der Waals surface area contributed by atoms with Crippen LogP contribution in [0.25, 0.3) is 0 Å². The van der Waals surface area contributed by atoms with Crippen molar-refractivity contribution in [2.45, 2.75) is 13.0 Å². The van der Waals surface area contributed by atoms with Gasteiger partial charge in [0.05, 0.1) is 5.56 Å². The highest BCUT2D eigenvalue weighted by Gasteiger charge is 2.11. The zero-order valence-corrected chi connectivity index (χ0v) is 11.3. The van der Waals surface area contributed by atoms with Gasteiger partial charge in [-0.25, -0.2) is 4.39 Å². The van der Waals surface area contributed by atoms with E-state index in [1.54, 1.807) is 6.07 Å². The highest BCUT2D eigenvalue weighted by atomic mass is 127. The summed E-state index contributed by atoms with van der Waals surface area (Å²) in [7, 11) is 1.82. The lowest BCUT2D eigenvalue weighted by atomic mass is 10.2. The van der Waals surface area contributed by atoms with E-state index >= 15 is 0 Å². The van der Waals surface area contributed by atoms with E-state index in [4.69, 9.17) is 0 Å². The highest BCUT2D eigenvalue weighted by Crippen LogP contribution is 2.13. The first-order chi connectivity index (χ1) is 7.54. The molecular weight excluding hydrogens is 322 g/mol. The number of hydrogen-bond acceptors (Lipinski definition) is 2. The number of benzene rings is 1. The van der Waals surface area contributed by atoms with Crippen molar-refractivity contribution in [1.29, 1.82) is 0 Å². The van der Waals surface area contributed by atoms with E-state index in [1.807, 2.05) is 36.6 Å². The molecule has 0 aliphatic carbocycles. The van der Waals surface area contributed by atoms with Crippen LogP contribution in [-0.4, -0.2) is 25.5 Å². The second kappa shape index (κ2) is 6.15. The summed E-state index contributed by atoms with van der Waals surface area (Å²) in [5, 5.41) is 5.75. The Morgan fingerprint density at radius 3 is 2.88 bits per heavy atom. The maximum Gasteiger partial charge on any atom is 0.252 e. The molecule has 1 atom stereocenters. The molecule has 1 rings (SSSR count). The average Bonchev–Trinajstić information content (AvgIpc) is 2.28. The molecule has 0 aliphatic rings. The summed E-state index contributed by atoms with van der Waals surface area (Å²) in [6.45, 7) is 2.47. The van der Waals surface area contributed by atoms with Gasteiger partial charge in [-0.3, -0.25) is 4.79 Å². The van der Waals surface area contributed by atoms with Crippen LogP contribution >= 0.6 is 22.6 Å². The van der Waals surface area contributed by atoms with Crippen molar-refractivity contribution >= 4 is 28.5 Å². The lowest BCUT2D eigenvalue weighted by Gasteiger charge is -2.12. The van der Waals surface area contributed by atoms with Crippen LogP contribution in [-0.2, 0) is 0 Å². The van der Waals surface area contributed by atoms with Gasteiger partial charge in [-0.2, -0.15) is 0 Å². The maximum atomic E-state index is 13.0. The Hall–Kier alpha value is -0.690. The third-order valence-corrected chi connectivity index (χ3v) is 3.18. The predicted octanol–water partition coefficient (Wildman–Crippen LogP) is 1.77. The number of amides is 1. The van der Waals surface area contributed by atoms with Gasteiger partial charge in [-0.15, -0.1) is 0 Å². The summed E-state index contributed by atoms with van der Waals surface area (Å²) in [5.41, 5.74) is 0.379. The van der Waals surface area contributed by atoms with Crippen LogP contribution in [0.4, 0.5) is 4.39 Å². The van der Waals surface area contributed by atoms with Crippen molar-refractivity contribution in [1.82, 2.24) is 10.6 Å². The second-order valence-corrected chi connectivity index (χ2v) is 4.69. The molecule has 0 saturated heterocycles. The number of carbonyl (C=O) groups is 1. The standard InChI is InChI=1S/C11H14FIN2O/c1-7(14-2)6-15-11(16)9-5-8(12)3-4-10(9)13/h3-5,7,14H,6H2,1-2H3,(H,15,16). The van der Waals surface area contributed by atoms with Crippen LogP contribution < -0.4 is 10.6 Å². The molecule has 0 spiro atoms. The summed E-state index contributed by atoms with van der Waals surface area (Å²) in [4.78, 5) is 11.7. The van der Waals surface area contributed by atoms with E-state index < -0.39 is 5.82 Å². The molecule has 1 aromatic rings. The van der Waals surface area contributed by atoms with E-state index in [1.165, 1.54) is 12.1 Å². The van der Waals surface area contributed by atoms with E-state index in [-0.39, 0.29) is 11.9 Å². The van der Waals surface area contributed by atoms with Gasteiger partial charge in [0.1, 0.15) is 5.82 Å². The monoisotopic (exact) mass is 336 g/mol. The fourth-order valence-corrected chi connectivity index (χ4v) is 1.70. The van der Waals surface area contributed by atoms with Gasteiger partial charge in [0.25, 0.3) is 5.91 Å². The molecule has 0 aromatic heterocycles. The van der Waals surface area contributed by atoms with E-state index in [2.05, 4.69) is 10.6 Å². The summed E-state index contributed by atoms with van der Waals surface area (Å²) in [5.74, 6) is -0.641. The Bertz CT molecular complexity index is 384. The van der Waals surface area contributed by atoms with Gasteiger partial charge in [0.15, 0.2) is 0 Å². The SMILES string of the molecule is CNC(C)CNC(=O)c1cc(F)ccc1I. The first-order valence-electron chi connectivity index (χ1n) is 4.95. The largest absolute Gasteiger partial charge is 0.350 e. The zero-order chi connectivity index (χ0) is 12.1. The molecule has 0 fully saturated rings. The maximum absolute atomic E-state index is 13.0. The molecule has 16 heavy (non-hydrogen) atoms. The molecular formula is C11H14FIN2O. The van der Waals surface area contributed by atoms with E-state index in [0.29, 0.717) is 12.1 Å². The van der Waals surface area contributed by atoms with Crippen LogP contribution in [0.3, 0.4) is 0 Å². The van der Waals surface area contributed by atoms with Crippen LogP contribution in [0.15, 0.2) is 18.2 Å². The molecule has 5 heteroatoms. The van der Waals surface area contributed by atoms with Crippen LogP contribution in [0, 0.1) is 9.39 Å². The Morgan fingerprint density at radius 2 is 2.25 bits per heavy atom. The predicted molar refractivity (Wildman–Crippen MR) is 70.0 cm³/mol. The van der Waals surface area contributed by atoms with Crippen LogP contribution in [0.5, 0.6) is 0 Å². The number of rotatable bonds is 4. The summed E-state index contributed by atoms with van der Waals surface area (Å²) < 4.78 is 13.7. The molecule has 0 heterocycles. The number of nitrogens with one attached hydrogen (secondary N) is 2. The number of halogens is 2. The molecule has 0 radical (unpaired) electrons. The summed E-state index contributed by atoms with van der Waals surface area (Å²) >= 11 is 2.02. The van der Waals surface area contributed by atoms with Crippen molar-refractivity contribution < 1.29 is 9.18 Å². The quantitative estimate of drug-likeness (QED) is 0.823. The van der Waals surface area contributed by atoms with Crippen molar-refractivity contribution in [2.75, 3.05) is 13.6 Å². The van der Waals surface area contributed by atoms with E-state index in [9.17, 15) is 9.18 Å². The number of likely N-dealkylation sites (N-methyl/N-ethyl adjacent to an activating group) is 1. The molecule has 0 aliphatic heterocycles. The van der Waals surface area contributed by atoms with Gasteiger partial charge in [-0.1, -0.05) is 0 Å². The molecule has 88 valence electrons. The lowest BCUT2D eigenvalue weighted by molar-refractivity contribution is 0.0949.